The van der Waals surface area contributed by atoms with Crippen molar-refractivity contribution in [3.63, 3.8) is 0 Å². The Hall–Kier alpha value is -3.35. The summed E-state index contributed by atoms with van der Waals surface area (Å²) < 4.78 is 5.39. The monoisotopic (exact) mass is 343 g/mol. The minimum Gasteiger partial charge on any atom is -0.484 e. The number of carboxylic acids is 2. The fourth-order valence-electron chi connectivity index (χ4n) is 2.15. The smallest absolute Gasteiger partial charge is 0.335 e. The molecule has 0 fully saturated rings. The molecule has 0 saturated carbocycles. The summed E-state index contributed by atoms with van der Waals surface area (Å²) in [7, 11) is 0. The molecule has 1 amide bonds. The van der Waals surface area contributed by atoms with Gasteiger partial charge >= 0.3 is 11.9 Å². The third-order valence-corrected chi connectivity index (χ3v) is 3.39. The molecule has 0 saturated heterocycles. The van der Waals surface area contributed by atoms with E-state index in [4.69, 9.17) is 14.9 Å². The molecular formula is C18H17NO6. The minimum atomic E-state index is -1.29. The maximum absolute atomic E-state index is 12.0. The maximum atomic E-state index is 12.0. The average Bonchev–Trinajstić information content (AvgIpc) is 2.59. The standard InChI is InChI=1S/C18H17NO6/c1-2-11-4-3-5-15(6-11)25-10-16(20)19-14-8-12(17(21)22)7-13(9-14)18(23)24/h3-9H,2,10H2,1H3,(H,19,20)(H,21,22)(H,23,24). The second kappa shape index (κ2) is 7.96. The van der Waals surface area contributed by atoms with E-state index < -0.39 is 17.8 Å². The number of aromatic carboxylic acids is 2. The number of carbonyl (C=O) groups excluding carboxylic acids is 1. The van der Waals surface area contributed by atoms with Crippen LogP contribution in [0.5, 0.6) is 5.75 Å². The molecule has 2 rings (SSSR count). The quantitative estimate of drug-likeness (QED) is 0.712. The number of amides is 1. The number of benzene rings is 2. The lowest BCUT2D eigenvalue weighted by atomic mass is 10.1. The van der Waals surface area contributed by atoms with Crippen molar-refractivity contribution in [3.05, 3.63) is 59.2 Å². The molecule has 3 N–H and O–H groups in total. The Kier molecular flexibility index (Phi) is 5.73. The topological polar surface area (TPSA) is 113 Å². The van der Waals surface area contributed by atoms with Crippen LogP contribution in [-0.2, 0) is 11.2 Å². The third-order valence-electron chi connectivity index (χ3n) is 3.39. The normalized spacial score (nSPS) is 10.1. The molecule has 0 aliphatic heterocycles. The number of hydrogen-bond donors (Lipinski definition) is 3. The van der Waals surface area contributed by atoms with Gasteiger partial charge in [0, 0.05) is 5.69 Å². The van der Waals surface area contributed by atoms with Crippen LogP contribution in [0.4, 0.5) is 5.69 Å². The largest absolute Gasteiger partial charge is 0.484 e. The van der Waals surface area contributed by atoms with E-state index in [9.17, 15) is 14.4 Å². The predicted molar refractivity (Wildman–Crippen MR) is 90.3 cm³/mol. The number of carboxylic acid groups (broad SMARTS) is 2. The van der Waals surface area contributed by atoms with Gasteiger partial charge in [-0.15, -0.1) is 0 Å². The lowest BCUT2D eigenvalue weighted by Crippen LogP contribution is -2.20. The first kappa shape index (κ1) is 18.0. The Morgan fingerprint density at radius 1 is 1.00 bits per heavy atom. The summed E-state index contributed by atoms with van der Waals surface area (Å²) in [5.41, 5.74) is 0.685. The van der Waals surface area contributed by atoms with Gasteiger partial charge in [-0.1, -0.05) is 19.1 Å². The Bertz CT molecular complexity index is 783. The van der Waals surface area contributed by atoms with Crippen molar-refractivity contribution in [2.45, 2.75) is 13.3 Å². The molecule has 25 heavy (non-hydrogen) atoms. The summed E-state index contributed by atoms with van der Waals surface area (Å²) in [4.78, 5) is 34.1. The highest BCUT2D eigenvalue weighted by Crippen LogP contribution is 2.17. The van der Waals surface area contributed by atoms with Crippen LogP contribution in [0.2, 0.25) is 0 Å². The summed E-state index contributed by atoms with van der Waals surface area (Å²) in [5.74, 6) is -2.56. The molecule has 130 valence electrons. The number of nitrogens with one attached hydrogen (secondary N) is 1. The van der Waals surface area contributed by atoms with Gasteiger partial charge in [0.15, 0.2) is 6.61 Å². The molecule has 7 heteroatoms. The molecule has 2 aromatic rings. The van der Waals surface area contributed by atoms with E-state index in [1.165, 1.54) is 12.1 Å². The van der Waals surface area contributed by atoms with Crippen molar-refractivity contribution in [2.24, 2.45) is 0 Å². The lowest BCUT2D eigenvalue weighted by Gasteiger charge is -2.10. The minimum absolute atomic E-state index is 0.0770. The zero-order valence-electron chi connectivity index (χ0n) is 13.5. The van der Waals surface area contributed by atoms with E-state index in [1.807, 2.05) is 25.1 Å². The first-order valence-corrected chi connectivity index (χ1v) is 7.52. The molecule has 0 aromatic heterocycles. The van der Waals surface area contributed by atoms with Crippen molar-refractivity contribution < 1.29 is 29.3 Å². The molecule has 0 bridgehead atoms. The maximum Gasteiger partial charge on any atom is 0.335 e. The van der Waals surface area contributed by atoms with Crippen molar-refractivity contribution in [1.82, 2.24) is 0 Å². The second-order valence-corrected chi connectivity index (χ2v) is 5.25. The van der Waals surface area contributed by atoms with Crippen molar-refractivity contribution >= 4 is 23.5 Å². The van der Waals surface area contributed by atoms with E-state index in [2.05, 4.69) is 5.32 Å². The van der Waals surface area contributed by atoms with Gasteiger partial charge in [-0.05, 0) is 42.3 Å². The van der Waals surface area contributed by atoms with E-state index in [0.29, 0.717) is 5.75 Å². The first-order valence-electron chi connectivity index (χ1n) is 7.52. The van der Waals surface area contributed by atoms with Crippen LogP contribution in [-0.4, -0.2) is 34.7 Å². The van der Waals surface area contributed by atoms with E-state index in [1.54, 1.807) is 6.07 Å². The number of carbonyl (C=O) groups is 3. The van der Waals surface area contributed by atoms with Crippen molar-refractivity contribution in [3.8, 4) is 5.75 Å². The fraction of sp³-hybridized carbons (Fsp3) is 0.167. The third kappa shape index (κ3) is 5.07. The molecule has 0 atom stereocenters. The van der Waals surface area contributed by atoms with Gasteiger partial charge in [0.05, 0.1) is 11.1 Å². The van der Waals surface area contributed by atoms with E-state index >= 15 is 0 Å². The van der Waals surface area contributed by atoms with Gasteiger partial charge in [-0.2, -0.15) is 0 Å². The van der Waals surface area contributed by atoms with Crippen LogP contribution >= 0.6 is 0 Å². The van der Waals surface area contributed by atoms with Gasteiger partial charge in [0.1, 0.15) is 5.75 Å². The van der Waals surface area contributed by atoms with Crippen LogP contribution < -0.4 is 10.1 Å². The predicted octanol–water partition coefficient (Wildman–Crippen LogP) is 2.66. The number of anilines is 1. The zero-order chi connectivity index (χ0) is 18.4. The number of rotatable bonds is 7. The van der Waals surface area contributed by atoms with Crippen LogP contribution in [0.3, 0.4) is 0 Å². The summed E-state index contributed by atoms with van der Waals surface area (Å²) in [5, 5.41) is 20.5. The van der Waals surface area contributed by atoms with Crippen LogP contribution in [0.1, 0.15) is 33.2 Å². The van der Waals surface area contributed by atoms with Gasteiger partial charge in [0.25, 0.3) is 5.91 Å². The molecular weight excluding hydrogens is 326 g/mol. The van der Waals surface area contributed by atoms with Gasteiger partial charge in [-0.3, -0.25) is 4.79 Å². The van der Waals surface area contributed by atoms with Crippen LogP contribution in [0.15, 0.2) is 42.5 Å². The van der Waals surface area contributed by atoms with Gasteiger partial charge in [-0.25, -0.2) is 9.59 Å². The molecule has 0 radical (unpaired) electrons. The fourth-order valence-corrected chi connectivity index (χ4v) is 2.15. The van der Waals surface area contributed by atoms with E-state index in [0.717, 1.165) is 18.1 Å². The molecule has 7 nitrogen and oxygen atoms in total. The van der Waals surface area contributed by atoms with Crippen LogP contribution in [0.25, 0.3) is 0 Å². The van der Waals surface area contributed by atoms with Gasteiger partial charge in [0.2, 0.25) is 0 Å². The molecule has 2 aromatic carbocycles. The Labute approximate surface area is 143 Å². The number of ether oxygens (including phenoxy) is 1. The molecule has 0 aliphatic rings. The first-order chi connectivity index (χ1) is 11.9. The second-order valence-electron chi connectivity index (χ2n) is 5.25. The molecule has 0 heterocycles. The average molecular weight is 343 g/mol. The highest BCUT2D eigenvalue weighted by atomic mass is 16.5. The Balaban J connectivity index is 2.06. The van der Waals surface area contributed by atoms with Crippen molar-refractivity contribution in [1.29, 1.82) is 0 Å². The highest BCUT2D eigenvalue weighted by Gasteiger charge is 2.13. The summed E-state index contributed by atoms with van der Waals surface area (Å²) in [6.45, 7) is 1.72. The Morgan fingerprint density at radius 2 is 1.64 bits per heavy atom. The van der Waals surface area contributed by atoms with E-state index in [-0.39, 0.29) is 23.4 Å². The SMILES string of the molecule is CCc1cccc(OCC(=O)Nc2cc(C(=O)O)cc(C(=O)O)c2)c1. The van der Waals surface area contributed by atoms with Crippen LogP contribution in [0, 0.1) is 0 Å². The van der Waals surface area contributed by atoms with Gasteiger partial charge < -0.3 is 20.3 Å². The number of aryl methyl sites for hydroxylation is 1. The number of hydrogen-bond acceptors (Lipinski definition) is 4. The Morgan fingerprint density at radius 3 is 2.20 bits per heavy atom. The summed E-state index contributed by atoms with van der Waals surface area (Å²) in [6.07, 6.45) is 0.837. The summed E-state index contributed by atoms with van der Waals surface area (Å²) in [6, 6.07) is 10.7. The molecule has 0 aliphatic carbocycles. The van der Waals surface area contributed by atoms with Crippen molar-refractivity contribution in [2.75, 3.05) is 11.9 Å². The molecule has 0 unspecified atom stereocenters. The molecule has 0 spiro atoms. The lowest BCUT2D eigenvalue weighted by molar-refractivity contribution is -0.118. The summed E-state index contributed by atoms with van der Waals surface area (Å²) >= 11 is 0. The zero-order valence-corrected chi connectivity index (χ0v) is 13.5. The highest BCUT2D eigenvalue weighted by molar-refractivity contribution is 5.98.